The first-order chi connectivity index (χ1) is 12.2. The number of hydrogen-bond acceptors (Lipinski definition) is 5. The zero-order valence-electron chi connectivity index (χ0n) is 16.3. The number of carbonyl (C=O) groups excluding carboxylic acids is 1. The third-order valence-electron chi connectivity index (χ3n) is 7.45. The van der Waals surface area contributed by atoms with Gasteiger partial charge in [-0.2, -0.15) is 0 Å². The fourth-order valence-electron chi connectivity index (χ4n) is 5.97. The van der Waals surface area contributed by atoms with Crippen LogP contribution in [0.3, 0.4) is 0 Å². The fraction of sp³-hybridized carbons (Fsp3) is 0.762. The minimum atomic E-state index is -0.814. The van der Waals surface area contributed by atoms with Crippen LogP contribution in [0.4, 0.5) is 0 Å². The number of rotatable bonds is 4. The van der Waals surface area contributed by atoms with Crippen LogP contribution in [-0.2, 0) is 9.53 Å². The van der Waals surface area contributed by atoms with E-state index >= 15 is 0 Å². The van der Waals surface area contributed by atoms with Crippen molar-refractivity contribution in [3.05, 3.63) is 23.8 Å². The summed E-state index contributed by atoms with van der Waals surface area (Å²) in [6.45, 7) is 9.73. The zero-order chi connectivity index (χ0) is 19.1. The second kappa shape index (κ2) is 7.10. The van der Waals surface area contributed by atoms with E-state index in [1.54, 1.807) is 0 Å². The van der Waals surface area contributed by atoms with E-state index in [2.05, 4.69) is 25.7 Å². The predicted octanol–water partition coefficient (Wildman–Crippen LogP) is 2.19. The molecule has 146 valence electrons. The molecule has 6 atom stereocenters. The molecule has 5 heteroatoms. The number of hydrogen-bond donors (Lipinski definition) is 3. The smallest absolute Gasteiger partial charge is 0.336 e. The highest BCUT2D eigenvalue weighted by molar-refractivity contribution is 5.91. The molecule has 0 aromatic carbocycles. The summed E-state index contributed by atoms with van der Waals surface area (Å²) in [6, 6.07) is 0. The Bertz CT molecular complexity index is 615. The maximum Gasteiger partial charge on any atom is 0.336 e. The highest BCUT2D eigenvalue weighted by Gasteiger charge is 2.57. The van der Waals surface area contributed by atoms with E-state index in [0.717, 1.165) is 32.2 Å². The maximum absolute atomic E-state index is 11.8. The van der Waals surface area contributed by atoms with Crippen molar-refractivity contribution in [2.75, 3.05) is 20.2 Å². The highest BCUT2D eigenvalue weighted by Crippen LogP contribution is 2.61. The Balaban J connectivity index is 1.89. The van der Waals surface area contributed by atoms with Gasteiger partial charge in [-0.1, -0.05) is 32.1 Å². The van der Waals surface area contributed by atoms with Crippen LogP contribution in [0.2, 0.25) is 0 Å². The van der Waals surface area contributed by atoms with Gasteiger partial charge in [-0.15, -0.1) is 0 Å². The molecule has 1 heterocycles. The molecular weight excluding hydrogens is 330 g/mol. The van der Waals surface area contributed by atoms with Crippen molar-refractivity contribution in [1.29, 1.82) is 0 Å². The number of allylic oxidation sites excluding steroid dienone is 2. The minimum absolute atomic E-state index is 0.0324. The van der Waals surface area contributed by atoms with Gasteiger partial charge in [-0.25, -0.2) is 4.79 Å². The molecule has 5 nitrogen and oxygen atoms in total. The molecule has 1 saturated heterocycles. The van der Waals surface area contributed by atoms with Gasteiger partial charge in [-0.3, -0.25) is 0 Å². The van der Waals surface area contributed by atoms with Crippen molar-refractivity contribution in [2.24, 2.45) is 22.7 Å². The van der Waals surface area contributed by atoms with Gasteiger partial charge in [0.05, 0.1) is 11.7 Å². The van der Waals surface area contributed by atoms with Crippen molar-refractivity contribution < 1.29 is 19.7 Å². The van der Waals surface area contributed by atoms with E-state index in [0.29, 0.717) is 17.9 Å². The van der Waals surface area contributed by atoms with E-state index in [1.165, 1.54) is 5.57 Å². The average molecular weight is 363 g/mol. The Kier molecular flexibility index (Phi) is 5.35. The molecule has 3 fully saturated rings. The van der Waals surface area contributed by atoms with Crippen molar-refractivity contribution in [1.82, 2.24) is 5.32 Å². The summed E-state index contributed by atoms with van der Waals surface area (Å²) in [5.74, 6) is 0.235. The fourth-order valence-corrected chi connectivity index (χ4v) is 5.97. The molecule has 26 heavy (non-hydrogen) atoms. The molecule has 2 saturated carbocycles. The predicted molar refractivity (Wildman–Crippen MR) is 100 cm³/mol. The number of cyclic esters (lactones) is 1. The zero-order valence-corrected chi connectivity index (χ0v) is 16.3. The van der Waals surface area contributed by atoms with E-state index in [4.69, 9.17) is 4.74 Å². The van der Waals surface area contributed by atoms with Gasteiger partial charge in [0.15, 0.2) is 0 Å². The van der Waals surface area contributed by atoms with Crippen molar-refractivity contribution >= 4 is 5.97 Å². The van der Waals surface area contributed by atoms with Crippen LogP contribution in [0.5, 0.6) is 0 Å². The van der Waals surface area contributed by atoms with Crippen LogP contribution in [-0.4, -0.2) is 48.6 Å². The van der Waals surface area contributed by atoms with Gasteiger partial charge in [0, 0.05) is 12.0 Å². The molecule has 2 aliphatic carbocycles. The standard InChI is InChI=1S/C21H33NO4/c1-13-5-8-17-20(2,10-9-18(24)21(17,3)12-22-4)15(13)7-6-14-16(23)11-26-19(14)25/h6,15-18,22-24H,1,5,7-12H2,2-4H3/t15-,16-,17?,18-,20-,21+/m1/s1. The molecule has 1 unspecified atom stereocenters. The van der Waals surface area contributed by atoms with Gasteiger partial charge in [-0.05, 0) is 56.4 Å². The van der Waals surface area contributed by atoms with Gasteiger partial charge in [0.25, 0.3) is 0 Å². The highest BCUT2D eigenvalue weighted by atomic mass is 16.6. The van der Waals surface area contributed by atoms with Crippen molar-refractivity contribution in [3.63, 3.8) is 0 Å². The SMILES string of the molecule is C=C1CCC2[C@](C)(CNC)[C@H](O)CC[C@]2(C)[C@@H]1CC=C1C(=O)OC[C@H]1O. The molecule has 3 rings (SSSR count). The molecule has 0 amide bonds. The summed E-state index contributed by atoms with van der Waals surface area (Å²) >= 11 is 0. The Morgan fingerprint density at radius 1 is 1.35 bits per heavy atom. The van der Waals surface area contributed by atoms with Crippen LogP contribution in [0, 0.1) is 22.7 Å². The lowest BCUT2D eigenvalue weighted by Gasteiger charge is -2.60. The van der Waals surface area contributed by atoms with E-state index in [9.17, 15) is 15.0 Å². The first-order valence-electron chi connectivity index (χ1n) is 9.79. The minimum Gasteiger partial charge on any atom is -0.459 e. The van der Waals surface area contributed by atoms with Gasteiger partial charge < -0.3 is 20.3 Å². The molecule has 1 aliphatic heterocycles. The van der Waals surface area contributed by atoms with Crippen LogP contribution >= 0.6 is 0 Å². The second-order valence-electron chi connectivity index (χ2n) is 8.91. The van der Waals surface area contributed by atoms with Crippen LogP contribution in [0.15, 0.2) is 23.8 Å². The third-order valence-corrected chi connectivity index (χ3v) is 7.45. The monoisotopic (exact) mass is 363 g/mol. The van der Waals surface area contributed by atoms with Crippen LogP contribution in [0.25, 0.3) is 0 Å². The normalized spacial score (nSPS) is 44.9. The summed E-state index contributed by atoms with van der Waals surface area (Å²) in [5.41, 5.74) is 1.48. The number of aliphatic hydroxyl groups excluding tert-OH is 2. The lowest BCUT2D eigenvalue weighted by molar-refractivity contribution is -0.135. The molecule has 0 spiro atoms. The summed E-state index contributed by atoms with van der Waals surface area (Å²) in [6.07, 6.45) is 5.18. The number of esters is 1. The summed E-state index contributed by atoms with van der Waals surface area (Å²) in [7, 11) is 1.95. The lowest BCUT2D eigenvalue weighted by atomic mass is 9.46. The number of ether oxygens (including phenoxy) is 1. The molecular formula is C21H33NO4. The first-order valence-corrected chi connectivity index (χ1v) is 9.79. The number of nitrogens with one attached hydrogen (secondary N) is 1. The van der Waals surface area contributed by atoms with E-state index in [-0.39, 0.29) is 29.5 Å². The number of aliphatic hydroxyl groups is 2. The van der Waals surface area contributed by atoms with Crippen molar-refractivity contribution in [3.8, 4) is 0 Å². The van der Waals surface area contributed by atoms with Gasteiger partial charge >= 0.3 is 5.97 Å². The van der Waals surface area contributed by atoms with E-state index < -0.39 is 12.1 Å². The lowest BCUT2D eigenvalue weighted by Crippen LogP contribution is -2.58. The molecule has 0 aromatic rings. The molecule has 0 radical (unpaired) electrons. The Morgan fingerprint density at radius 3 is 2.69 bits per heavy atom. The largest absolute Gasteiger partial charge is 0.459 e. The second-order valence-corrected chi connectivity index (χ2v) is 8.91. The molecule has 0 bridgehead atoms. The number of fused-ring (bicyclic) bond motifs is 1. The molecule has 3 N–H and O–H groups in total. The summed E-state index contributed by atoms with van der Waals surface area (Å²) in [4.78, 5) is 11.8. The Hall–Kier alpha value is -1.17. The third kappa shape index (κ3) is 3.04. The van der Waals surface area contributed by atoms with E-state index in [1.807, 2.05) is 13.1 Å². The Labute approximate surface area is 156 Å². The topological polar surface area (TPSA) is 78.8 Å². The summed E-state index contributed by atoms with van der Waals surface area (Å²) < 4.78 is 4.93. The van der Waals surface area contributed by atoms with Gasteiger partial charge in [0.1, 0.15) is 12.7 Å². The van der Waals surface area contributed by atoms with Crippen LogP contribution < -0.4 is 5.32 Å². The Morgan fingerprint density at radius 2 is 2.08 bits per heavy atom. The van der Waals surface area contributed by atoms with Gasteiger partial charge in [0.2, 0.25) is 0 Å². The average Bonchev–Trinajstić information content (AvgIpc) is 2.90. The molecule has 3 aliphatic rings. The first kappa shape index (κ1) is 19.6. The van der Waals surface area contributed by atoms with Crippen LogP contribution in [0.1, 0.15) is 46.0 Å². The quantitative estimate of drug-likeness (QED) is 0.405. The molecule has 0 aromatic heterocycles. The van der Waals surface area contributed by atoms with Crippen molar-refractivity contribution in [2.45, 2.75) is 58.2 Å². The maximum atomic E-state index is 11.8. The number of carbonyl (C=O) groups is 1. The summed E-state index contributed by atoms with van der Waals surface area (Å²) in [5, 5.41) is 24.0.